The third kappa shape index (κ3) is 3.16. The molecular weight excluding hydrogens is 324 g/mol. The molecule has 1 aliphatic heterocycles. The van der Waals surface area contributed by atoms with Gasteiger partial charge in [0.15, 0.2) is 0 Å². The topological polar surface area (TPSA) is 59.4 Å². The number of hydrogen-bond donors (Lipinski definition) is 0. The quantitative estimate of drug-likeness (QED) is 0.782. The summed E-state index contributed by atoms with van der Waals surface area (Å²) in [4.78, 5) is 11.6. The molecule has 0 fully saturated rings. The van der Waals surface area contributed by atoms with Crippen molar-refractivity contribution in [1.29, 1.82) is 0 Å². The zero-order valence-electron chi connectivity index (χ0n) is 14.0. The predicted octanol–water partition coefficient (Wildman–Crippen LogP) is 2.96. The van der Waals surface area contributed by atoms with Gasteiger partial charge in [-0.05, 0) is 44.0 Å². The molecule has 128 valence electrons. The summed E-state index contributed by atoms with van der Waals surface area (Å²) in [7, 11) is -3.49. The Hall–Kier alpha value is -1.92. The number of fused-ring (bicyclic) bond motifs is 1. The van der Waals surface area contributed by atoms with E-state index in [1.165, 1.54) is 9.88 Å². The molecule has 6 heteroatoms. The maximum absolute atomic E-state index is 12.8. The van der Waals surface area contributed by atoms with E-state index in [9.17, 15) is 13.2 Å². The SMILES string of the molecule is CCC1=CCN(S(=O)(=O)c2ccc3c(ccn3CC(C)=O)c2)CC1. The van der Waals surface area contributed by atoms with E-state index in [4.69, 9.17) is 0 Å². The molecule has 3 rings (SSSR count). The number of aromatic nitrogens is 1. The molecule has 0 spiro atoms. The van der Waals surface area contributed by atoms with Crippen LogP contribution in [0.4, 0.5) is 0 Å². The number of rotatable bonds is 5. The van der Waals surface area contributed by atoms with Crippen molar-refractivity contribution in [2.45, 2.75) is 38.1 Å². The molecule has 0 radical (unpaired) electrons. The first-order chi connectivity index (χ1) is 11.4. The molecule has 0 saturated carbocycles. The average molecular weight is 346 g/mol. The molecular formula is C18H22N2O3S. The van der Waals surface area contributed by atoms with Gasteiger partial charge in [0.05, 0.1) is 11.4 Å². The molecule has 0 unspecified atom stereocenters. The van der Waals surface area contributed by atoms with Crippen molar-refractivity contribution < 1.29 is 13.2 Å². The van der Waals surface area contributed by atoms with E-state index < -0.39 is 10.0 Å². The number of carbonyl (C=O) groups excluding carboxylic acids is 1. The lowest BCUT2D eigenvalue weighted by Crippen LogP contribution is -2.34. The van der Waals surface area contributed by atoms with E-state index in [0.717, 1.165) is 23.7 Å². The second-order valence-corrected chi connectivity index (χ2v) is 8.13. The van der Waals surface area contributed by atoms with Gasteiger partial charge < -0.3 is 4.57 Å². The van der Waals surface area contributed by atoms with Gasteiger partial charge in [0.1, 0.15) is 5.78 Å². The van der Waals surface area contributed by atoms with Gasteiger partial charge in [-0.15, -0.1) is 0 Å². The Balaban J connectivity index is 1.91. The Morgan fingerprint density at radius 2 is 2.04 bits per heavy atom. The van der Waals surface area contributed by atoms with Crippen molar-refractivity contribution in [2.24, 2.45) is 0 Å². The molecule has 1 aliphatic rings. The first kappa shape index (κ1) is 16.9. The van der Waals surface area contributed by atoms with E-state index >= 15 is 0 Å². The Morgan fingerprint density at radius 3 is 2.67 bits per heavy atom. The minimum atomic E-state index is -3.49. The van der Waals surface area contributed by atoms with Crippen molar-refractivity contribution in [2.75, 3.05) is 13.1 Å². The van der Waals surface area contributed by atoms with Gasteiger partial charge in [0.2, 0.25) is 10.0 Å². The zero-order chi connectivity index (χ0) is 17.3. The normalized spacial score (nSPS) is 16.3. The lowest BCUT2D eigenvalue weighted by molar-refractivity contribution is -0.117. The molecule has 0 N–H and O–H groups in total. The van der Waals surface area contributed by atoms with Gasteiger partial charge in [-0.2, -0.15) is 4.31 Å². The molecule has 24 heavy (non-hydrogen) atoms. The molecule has 2 aromatic rings. The van der Waals surface area contributed by atoms with E-state index in [-0.39, 0.29) is 5.78 Å². The van der Waals surface area contributed by atoms with Crippen LogP contribution < -0.4 is 0 Å². The Morgan fingerprint density at radius 1 is 1.25 bits per heavy atom. The van der Waals surface area contributed by atoms with Gasteiger partial charge in [-0.3, -0.25) is 4.79 Å². The third-order valence-electron chi connectivity index (χ3n) is 4.49. The van der Waals surface area contributed by atoms with Crippen LogP contribution in [0.25, 0.3) is 10.9 Å². The molecule has 0 atom stereocenters. The highest BCUT2D eigenvalue weighted by atomic mass is 32.2. The summed E-state index contributed by atoms with van der Waals surface area (Å²) in [6.07, 6.45) is 5.61. The number of hydrogen-bond acceptors (Lipinski definition) is 3. The van der Waals surface area contributed by atoms with Crippen molar-refractivity contribution in [3.05, 3.63) is 42.1 Å². The van der Waals surface area contributed by atoms with Gasteiger partial charge in [0.25, 0.3) is 0 Å². The molecule has 5 nitrogen and oxygen atoms in total. The first-order valence-electron chi connectivity index (χ1n) is 8.18. The van der Waals surface area contributed by atoms with Gasteiger partial charge >= 0.3 is 0 Å². The molecule has 1 aromatic heterocycles. The van der Waals surface area contributed by atoms with Crippen molar-refractivity contribution in [1.82, 2.24) is 8.87 Å². The Labute approximate surface area is 142 Å². The lowest BCUT2D eigenvalue weighted by Gasteiger charge is -2.25. The smallest absolute Gasteiger partial charge is 0.243 e. The standard InChI is InChI=1S/C18H22N2O3S/c1-3-15-6-10-20(11-7-15)24(22,23)17-4-5-18-16(12-17)8-9-19(18)13-14(2)21/h4-6,8-9,12H,3,7,10-11,13H2,1-2H3. The maximum Gasteiger partial charge on any atom is 0.243 e. The fourth-order valence-electron chi connectivity index (χ4n) is 3.10. The molecule has 0 amide bonds. The number of Topliss-reactive ketones (excluding diaryl/α,β-unsaturated/α-hetero) is 1. The van der Waals surface area contributed by atoms with Gasteiger partial charge in [-0.25, -0.2) is 8.42 Å². The van der Waals surface area contributed by atoms with Crippen molar-refractivity contribution in [3.63, 3.8) is 0 Å². The second kappa shape index (κ2) is 6.53. The number of nitrogens with zero attached hydrogens (tertiary/aromatic N) is 2. The monoisotopic (exact) mass is 346 g/mol. The van der Waals surface area contributed by atoms with Crippen LogP contribution in [0, 0.1) is 0 Å². The molecule has 2 heterocycles. The van der Waals surface area contributed by atoms with Gasteiger partial charge in [0, 0.05) is 30.2 Å². The molecule has 0 saturated heterocycles. The van der Waals surface area contributed by atoms with Crippen LogP contribution in [-0.4, -0.2) is 36.2 Å². The maximum atomic E-state index is 12.8. The first-order valence-corrected chi connectivity index (χ1v) is 9.62. The van der Waals surface area contributed by atoms with Crippen LogP contribution in [0.5, 0.6) is 0 Å². The molecule has 1 aromatic carbocycles. The third-order valence-corrected chi connectivity index (χ3v) is 6.35. The van der Waals surface area contributed by atoms with E-state index in [1.54, 1.807) is 25.1 Å². The molecule has 0 bridgehead atoms. The Kier molecular flexibility index (Phi) is 4.60. The minimum Gasteiger partial charge on any atom is -0.340 e. The Bertz CT molecular complexity index is 909. The largest absolute Gasteiger partial charge is 0.340 e. The number of ketones is 1. The number of benzene rings is 1. The average Bonchev–Trinajstić information content (AvgIpc) is 2.96. The summed E-state index contributed by atoms with van der Waals surface area (Å²) in [6.45, 7) is 4.90. The van der Waals surface area contributed by atoms with Crippen molar-refractivity contribution in [3.8, 4) is 0 Å². The fourth-order valence-corrected chi connectivity index (χ4v) is 4.51. The predicted molar refractivity (Wildman–Crippen MR) is 94.4 cm³/mol. The van der Waals surface area contributed by atoms with E-state index in [0.29, 0.717) is 24.5 Å². The van der Waals surface area contributed by atoms with Crippen LogP contribution in [0.1, 0.15) is 26.7 Å². The van der Waals surface area contributed by atoms with Crippen LogP contribution in [0.2, 0.25) is 0 Å². The fraction of sp³-hybridized carbons (Fsp3) is 0.389. The summed E-state index contributed by atoms with van der Waals surface area (Å²) >= 11 is 0. The minimum absolute atomic E-state index is 0.0658. The molecule has 0 aliphatic carbocycles. The van der Waals surface area contributed by atoms with Crippen LogP contribution in [0.15, 0.2) is 47.0 Å². The van der Waals surface area contributed by atoms with Crippen LogP contribution in [-0.2, 0) is 21.4 Å². The highest BCUT2D eigenvalue weighted by Crippen LogP contribution is 2.25. The van der Waals surface area contributed by atoms with E-state index in [2.05, 4.69) is 6.92 Å². The summed E-state index contributed by atoms with van der Waals surface area (Å²) in [5, 5.41) is 0.833. The zero-order valence-corrected chi connectivity index (χ0v) is 14.8. The summed E-state index contributed by atoms with van der Waals surface area (Å²) < 4.78 is 29.1. The summed E-state index contributed by atoms with van der Waals surface area (Å²) in [5.74, 6) is 0.0658. The van der Waals surface area contributed by atoms with E-state index in [1.807, 2.05) is 22.9 Å². The second-order valence-electron chi connectivity index (χ2n) is 6.20. The van der Waals surface area contributed by atoms with Crippen LogP contribution >= 0.6 is 0 Å². The lowest BCUT2D eigenvalue weighted by atomic mass is 10.1. The summed E-state index contributed by atoms with van der Waals surface area (Å²) in [6, 6.07) is 6.96. The van der Waals surface area contributed by atoms with Crippen molar-refractivity contribution >= 4 is 26.7 Å². The van der Waals surface area contributed by atoms with Crippen LogP contribution in [0.3, 0.4) is 0 Å². The number of sulfonamides is 1. The van der Waals surface area contributed by atoms with Gasteiger partial charge in [-0.1, -0.05) is 18.6 Å². The highest BCUT2D eigenvalue weighted by molar-refractivity contribution is 7.89. The summed E-state index contributed by atoms with van der Waals surface area (Å²) in [5.41, 5.74) is 2.19. The number of carbonyl (C=O) groups is 1. The highest BCUT2D eigenvalue weighted by Gasteiger charge is 2.26.